The summed E-state index contributed by atoms with van der Waals surface area (Å²) < 4.78 is 32.3. The molecule has 2 rings (SSSR count). The standard InChI is InChI=1S/C16H15Cl4NO3S2/c1-24-13-4-5-14(16(20)15(13)19)26(22,23)21-6-7-25-9-10-2-3-11(17)12(18)8-10/h2-5,8,21H,6-7,9H2,1H3. The zero-order valence-electron chi connectivity index (χ0n) is 13.6. The number of sulfonamides is 1. The average Bonchev–Trinajstić information content (AvgIpc) is 2.59. The fourth-order valence-corrected chi connectivity index (χ4v) is 5.15. The number of thioether (sulfide) groups is 1. The number of rotatable bonds is 8. The van der Waals surface area contributed by atoms with Crippen LogP contribution in [0.15, 0.2) is 35.2 Å². The molecule has 10 heteroatoms. The maximum Gasteiger partial charge on any atom is 0.242 e. The lowest BCUT2D eigenvalue weighted by Crippen LogP contribution is -2.26. The van der Waals surface area contributed by atoms with E-state index in [2.05, 4.69) is 4.72 Å². The topological polar surface area (TPSA) is 55.4 Å². The smallest absolute Gasteiger partial charge is 0.242 e. The molecule has 1 N–H and O–H groups in total. The first-order valence-electron chi connectivity index (χ1n) is 7.29. The highest BCUT2D eigenvalue weighted by molar-refractivity contribution is 7.98. The molecular weight excluding hydrogens is 460 g/mol. The van der Waals surface area contributed by atoms with Crippen molar-refractivity contribution in [1.82, 2.24) is 4.72 Å². The molecule has 0 saturated carbocycles. The third-order valence-electron chi connectivity index (χ3n) is 3.31. The quantitative estimate of drug-likeness (QED) is 0.511. The number of nitrogens with one attached hydrogen (secondary N) is 1. The minimum Gasteiger partial charge on any atom is -0.495 e. The van der Waals surface area contributed by atoms with Gasteiger partial charge in [0.2, 0.25) is 10.0 Å². The van der Waals surface area contributed by atoms with E-state index in [1.165, 1.54) is 19.2 Å². The van der Waals surface area contributed by atoms with Crippen LogP contribution in [0.1, 0.15) is 5.56 Å². The molecule has 0 amide bonds. The number of halogens is 4. The number of hydrogen-bond donors (Lipinski definition) is 1. The van der Waals surface area contributed by atoms with Crippen LogP contribution < -0.4 is 9.46 Å². The Bertz CT molecular complexity index is 891. The average molecular weight is 475 g/mol. The second kappa shape index (κ2) is 9.73. The van der Waals surface area contributed by atoms with Crippen LogP contribution in [0.4, 0.5) is 0 Å². The van der Waals surface area contributed by atoms with E-state index in [4.69, 9.17) is 51.1 Å². The molecule has 2 aromatic rings. The monoisotopic (exact) mass is 473 g/mol. The first-order chi connectivity index (χ1) is 12.3. The predicted octanol–water partition coefficient (Wildman–Crippen LogP) is 5.52. The van der Waals surface area contributed by atoms with Crippen molar-refractivity contribution in [3.63, 3.8) is 0 Å². The Hall–Kier alpha value is -0.340. The minimum atomic E-state index is -3.77. The molecule has 142 valence electrons. The van der Waals surface area contributed by atoms with Crippen LogP contribution in [0.2, 0.25) is 20.1 Å². The summed E-state index contributed by atoms with van der Waals surface area (Å²) in [6, 6.07) is 8.22. The van der Waals surface area contributed by atoms with Crippen molar-refractivity contribution in [3.05, 3.63) is 56.0 Å². The lowest BCUT2D eigenvalue weighted by Gasteiger charge is -2.11. The van der Waals surface area contributed by atoms with Crippen molar-refractivity contribution in [2.75, 3.05) is 19.4 Å². The van der Waals surface area contributed by atoms with E-state index in [0.717, 1.165) is 5.56 Å². The van der Waals surface area contributed by atoms with Gasteiger partial charge in [-0.1, -0.05) is 52.5 Å². The van der Waals surface area contributed by atoms with Gasteiger partial charge in [0, 0.05) is 18.1 Å². The number of benzene rings is 2. The minimum absolute atomic E-state index is 0.0611. The molecular formula is C16H15Cl4NO3S2. The van der Waals surface area contributed by atoms with E-state index in [0.29, 0.717) is 27.3 Å². The molecule has 0 aliphatic rings. The largest absolute Gasteiger partial charge is 0.495 e. The molecule has 0 aliphatic carbocycles. The Labute approximate surface area is 177 Å². The summed E-state index contributed by atoms with van der Waals surface area (Å²) >= 11 is 25.5. The highest BCUT2D eigenvalue weighted by Gasteiger charge is 2.21. The molecule has 0 bridgehead atoms. The molecule has 0 aliphatic heterocycles. The molecule has 0 spiro atoms. The van der Waals surface area contributed by atoms with Crippen molar-refractivity contribution < 1.29 is 13.2 Å². The molecule has 0 unspecified atom stereocenters. The molecule has 26 heavy (non-hydrogen) atoms. The van der Waals surface area contributed by atoms with E-state index in [9.17, 15) is 8.42 Å². The fraction of sp³-hybridized carbons (Fsp3) is 0.250. The molecule has 0 fully saturated rings. The van der Waals surface area contributed by atoms with Gasteiger partial charge in [0.25, 0.3) is 0 Å². The van der Waals surface area contributed by atoms with Gasteiger partial charge in [0.1, 0.15) is 15.7 Å². The van der Waals surface area contributed by atoms with Gasteiger partial charge < -0.3 is 4.74 Å². The summed E-state index contributed by atoms with van der Waals surface area (Å²) in [5, 5.41) is 0.993. The lowest BCUT2D eigenvalue weighted by atomic mass is 10.2. The van der Waals surface area contributed by atoms with Crippen LogP contribution in [-0.2, 0) is 15.8 Å². The molecule has 0 saturated heterocycles. The Morgan fingerprint density at radius 1 is 1.04 bits per heavy atom. The van der Waals surface area contributed by atoms with Crippen LogP contribution >= 0.6 is 58.2 Å². The van der Waals surface area contributed by atoms with Gasteiger partial charge in [0.15, 0.2) is 0 Å². The first kappa shape index (κ1) is 22.0. The van der Waals surface area contributed by atoms with Crippen LogP contribution in [0.3, 0.4) is 0 Å². The maximum absolute atomic E-state index is 12.4. The molecule has 0 aromatic heterocycles. The van der Waals surface area contributed by atoms with Gasteiger partial charge in [-0.3, -0.25) is 0 Å². The Balaban J connectivity index is 1.90. The van der Waals surface area contributed by atoms with E-state index in [1.54, 1.807) is 23.9 Å². The van der Waals surface area contributed by atoms with Gasteiger partial charge in [-0.05, 0) is 29.8 Å². The zero-order chi connectivity index (χ0) is 19.3. The normalized spacial score (nSPS) is 11.6. The molecule has 0 atom stereocenters. The van der Waals surface area contributed by atoms with Crippen molar-refractivity contribution in [2.45, 2.75) is 10.6 Å². The second-order valence-corrected chi connectivity index (χ2v) is 9.50. The summed E-state index contributed by atoms with van der Waals surface area (Å²) in [5.74, 6) is 1.57. The third kappa shape index (κ3) is 5.58. The summed E-state index contributed by atoms with van der Waals surface area (Å²) in [6.07, 6.45) is 0. The van der Waals surface area contributed by atoms with E-state index in [1.807, 2.05) is 6.07 Å². The second-order valence-electron chi connectivity index (χ2n) is 5.09. The lowest BCUT2D eigenvalue weighted by molar-refractivity contribution is 0.414. The number of hydrogen-bond acceptors (Lipinski definition) is 4. The molecule has 0 radical (unpaired) electrons. The van der Waals surface area contributed by atoms with Crippen LogP contribution in [0, 0.1) is 0 Å². The zero-order valence-corrected chi connectivity index (χ0v) is 18.2. The van der Waals surface area contributed by atoms with Crippen molar-refractivity contribution >= 4 is 68.2 Å². The number of ether oxygens (including phenoxy) is 1. The molecule has 4 nitrogen and oxygen atoms in total. The van der Waals surface area contributed by atoms with Crippen LogP contribution in [-0.4, -0.2) is 27.8 Å². The third-order valence-corrected chi connectivity index (χ3v) is 7.56. The van der Waals surface area contributed by atoms with Gasteiger partial charge in [-0.15, -0.1) is 0 Å². The van der Waals surface area contributed by atoms with Crippen LogP contribution in [0.5, 0.6) is 5.75 Å². The summed E-state index contributed by atoms with van der Waals surface area (Å²) in [4.78, 5) is -0.0838. The SMILES string of the molecule is COc1ccc(S(=O)(=O)NCCSCc2ccc(Cl)c(Cl)c2)c(Cl)c1Cl. The Morgan fingerprint density at radius 2 is 1.77 bits per heavy atom. The Kier molecular flexibility index (Phi) is 8.22. The van der Waals surface area contributed by atoms with Crippen molar-refractivity contribution in [1.29, 1.82) is 0 Å². The summed E-state index contributed by atoms with van der Waals surface area (Å²) in [6.45, 7) is 0.244. The summed E-state index contributed by atoms with van der Waals surface area (Å²) in [7, 11) is -2.34. The number of methoxy groups -OCH3 is 1. The van der Waals surface area contributed by atoms with E-state index >= 15 is 0 Å². The van der Waals surface area contributed by atoms with Gasteiger partial charge in [-0.25, -0.2) is 13.1 Å². The van der Waals surface area contributed by atoms with Crippen molar-refractivity contribution in [3.8, 4) is 5.75 Å². The van der Waals surface area contributed by atoms with E-state index < -0.39 is 10.0 Å². The molecule has 2 aromatic carbocycles. The first-order valence-corrected chi connectivity index (χ1v) is 11.4. The highest BCUT2D eigenvalue weighted by atomic mass is 35.5. The fourth-order valence-electron chi connectivity index (χ4n) is 2.02. The summed E-state index contributed by atoms with van der Waals surface area (Å²) in [5.41, 5.74) is 1.01. The van der Waals surface area contributed by atoms with Crippen molar-refractivity contribution in [2.24, 2.45) is 0 Å². The van der Waals surface area contributed by atoms with Gasteiger partial charge >= 0.3 is 0 Å². The van der Waals surface area contributed by atoms with Gasteiger partial charge in [-0.2, -0.15) is 11.8 Å². The van der Waals surface area contributed by atoms with Crippen LogP contribution in [0.25, 0.3) is 0 Å². The Morgan fingerprint density at radius 3 is 2.42 bits per heavy atom. The van der Waals surface area contributed by atoms with E-state index in [-0.39, 0.29) is 21.5 Å². The maximum atomic E-state index is 12.4. The highest BCUT2D eigenvalue weighted by Crippen LogP contribution is 2.36. The van der Waals surface area contributed by atoms with Gasteiger partial charge in [0.05, 0.1) is 22.2 Å². The predicted molar refractivity (Wildman–Crippen MR) is 111 cm³/mol. The molecule has 0 heterocycles.